The molecule has 0 spiro atoms. The van der Waals surface area contributed by atoms with Gasteiger partial charge in [-0.05, 0) is 37.1 Å². The third kappa shape index (κ3) is 2.91. The van der Waals surface area contributed by atoms with Crippen LogP contribution in [0.25, 0.3) is 0 Å². The summed E-state index contributed by atoms with van der Waals surface area (Å²) in [5.41, 5.74) is 8.34. The first kappa shape index (κ1) is 13.1. The lowest BCUT2D eigenvalue weighted by molar-refractivity contribution is 0.0940. The second-order valence-corrected chi connectivity index (χ2v) is 4.49. The second-order valence-electron chi connectivity index (χ2n) is 4.49. The number of hydrogen-bond donors (Lipinski definition) is 2. The zero-order valence-corrected chi connectivity index (χ0v) is 11.1. The van der Waals surface area contributed by atoms with Gasteiger partial charge in [-0.2, -0.15) is 0 Å². The molecule has 4 heteroatoms. The van der Waals surface area contributed by atoms with Crippen molar-refractivity contribution in [2.24, 2.45) is 0 Å². The number of rotatable bonds is 3. The van der Waals surface area contributed by atoms with E-state index >= 15 is 0 Å². The normalized spacial score (nSPS) is 11.9. The van der Waals surface area contributed by atoms with Crippen molar-refractivity contribution in [1.29, 1.82) is 0 Å². The van der Waals surface area contributed by atoms with Crippen LogP contribution in [0.1, 0.15) is 34.5 Å². The Morgan fingerprint density at radius 3 is 2.68 bits per heavy atom. The fourth-order valence-corrected chi connectivity index (χ4v) is 2.03. The van der Waals surface area contributed by atoms with Gasteiger partial charge in [0.2, 0.25) is 0 Å². The van der Waals surface area contributed by atoms with E-state index in [9.17, 15) is 4.79 Å². The van der Waals surface area contributed by atoms with Crippen molar-refractivity contribution in [2.45, 2.75) is 19.9 Å². The summed E-state index contributed by atoms with van der Waals surface area (Å²) < 4.78 is 0. The molecule has 3 N–H and O–H groups in total. The van der Waals surface area contributed by atoms with E-state index in [1.807, 2.05) is 38.1 Å². The van der Waals surface area contributed by atoms with Gasteiger partial charge in [-0.3, -0.25) is 4.79 Å². The molecule has 0 aliphatic heterocycles. The molecule has 0 bridgehead atoms. The maximum Gasteiger partial charge on any atom is 0.255 e. The maximum absolute atomic E-state index is 12.1. The number of anilines is 1. The van der Waals surface area contributed by atoms with Crippen LogP contribution >= 0.6 is 0 Å². The Kier molecular flexibility index (Phi) is 3.80. The van der Waals surface area contributed by atoms with E-state index in [0.717, 1.165) is 11.1 Å². The zero-order valence-electron chi connectivity index (χ0n) is 11.1. The molecule has 1 atom stereocenters. The number of aromatic nitrogens is 1. The van der Waals surface area contributed by atoms with Crippen molar-refractivity contribution < 1.29 is 4.79 Å². The molecule has 0 fully saturated rings. The Morgan fingerprint density at radius 2 is 2.00 bits per heavy atom. The maximum atomic E-state index is 12.1. The molecule has 1 unspecified atom stereocenters. The minimum atomic E-state index is -0.207. The number of carbonyl (C=O) groups excluding carboxylic acids is 1. The number of benzene rings is 1. The number of nitrogen functional groups attached to an aromatic ring is 1. The summed E-state index contributed by atoms with van der Waals surface area (Å²) in [6, 6.07) is 11.3. The highest BCUT2D eigenvalue weighted by Crippen LogP contribution is 2.17. The van der Waals surface area contributed by atoms with Crippen LogP contribution in [-0.2, 0) is 0 Å². The van der Waals surface area contributed by atoms with Gasteiger partial charge in [0.25, 0.3) is 5.91 Å². The first-order valence-corrected chi connectivity index (χ1v) is 6.16. The van der Waals surface area contributed by atoms with E-state index in [2.05, 4.69) is 10.3 Å². The first-order valence-electron chi connectivity index (χ1n) is 6.16. The first-order chi connectivity index (χ1) is 9.09. The highest BCUT2D eigenvalue weighted by molar-refractivity contribution is 5.98. The van der Waals surface area contributed by atoms with Gasteiger partial charge in [-0.25, -0.2) is 4.98 Å². The number of nitrogens with one attached hydrogen (secondary N) is 1. The monoisotopic (exact) mass is 255 g/mol. The van der Waals surface area contributed by atoms with Crippen molar-refractivity contribution >= 4 is 11.7 Å². The SMILES string of the molecule is Cc1ccccc1C(C)NC(=O)c1cccnc1N. The van der Waals surface area contributed by atoms with E-state index in [-0.39, 0.29) is 17.8 Å². The Balaban J connectivity index is 2.16. The fraction of sp³-hybridized carbons (Fsp3) is 0.200. The average Bonchev–Trinajstić information content (AvgIpc) is 2.39. The Hall–Kier alpha value is -2.36. The molecule has 0 aliphatic rings. The number of nitrogens with zero attached hydrogens (tertiary/aromatic N) is 1. The molecule has 0 radical (unpaired) electrons. The van der Waals surface area contributed by atoms with Crippen molar-refractivity contribution in [2.75, 3.05) is 5.73 Å². The molecule has 2 aromatic rings. The average molecular weight is 255 g/mol. The number of nitrogens with two attached hydrogens (primary N) is 1. The van der Waals surface area contributed by atoms with Crippen molar-refractivity contribution in [3.05, 3.63) is 59.3 Å². The van der Waals surface area contributed by atoms with E-state index in [4.69, 9.17) is 5.73 Å². The smallest absolute Gasteiger partial charge is 0.255 e. The lowest BCUT2D eigenvalue weighted by Gasteiger charge is -2.16. The van der Waals surface area contributed by atoms with Crippen LogP contribution < -0.4 is 11.1 Å². The molecule has 0 aliphatic carbocycles. The molecule has 0 saturated heterocycles. The minimum Gasteiger partial charge on any atom is -0.383 e. The summed E-state index contributed by atoms with van der Waals surface area (Å²) in [7, 11) is 0. The van der Waals surface area contributed by atoms with Crippen LogP contribution in [-0.4, -0.2) is 10.9 Å². The summed E-state index contributed by atoms with van der Waals surface area (Å²) in [6.45, 7) is 3.98. The number of pyridine rings is 1. The van der Waals surface area contributed by atoms with Crippen LogP contribution in [0.4, 0.5) is 5.82 Å². The number of carbonyl (C=O) groups is 1. The van der Waals surface area contributed by atoms with E-state index in [1.165, 1.54) is 0 Å². The van der Waals surface area contributed by atoms with Gasteiger partial charge in [-0.1, -0.05) is 24.3 Å². The topological polar surface area (TPSA) is 68.0 Å². The third-order valence-corrected chi connectivity index (χ3v) is 3.09. The van der Waals surface area contributed by atoms with E-state index in [1.54, 1.807) is 18.3 Å². The lowest BCUT2D eigenvalue weighted by Crippen LogP contribution is -2.28. The van der Waals surface area contributed by atoms with Crippen molar-refractivity contribution in [3.8, 4) is 0 Å². The van der Waals surface area contributed by atoms with Gasteiger partial charge in [-0.15, -0.1) is 0 Å². The molecule has 98 valence electrons. The molecular weight excluding hydrogens is 238 g/mol. The summed E-state index contributed by atoms with van der Waals surface area (Å²) in [4.78, 5) is 16.0. The summed E-state index contributed by atoms with van der Waals surface area (Å²) in [5.74, 6) is 0.0401. The fourth-order valence-electron chi connectivity index (χ4n) is 2.03. The number of aryl methyl sites for hydroxylation is 1. The standard InChI is InChI=1S/C15H17N3O/c1-10-6-3-4-7-12(10)11(2)18-15(19)13-8-5-9-17-14(13)16/h3-9,11H,1-2H3,(H2,16,17)(H,18,19). The van der Waals surface area contributed by atoms with Crippen molar-refractivity contribution in [1.82, 2.24) is 10.3 Å². The van der Waals surface area contributed by atoms with Crippen LogP contribution in [0.15, 0.2) is 42.6 Å². The van der Waals surface area contributed by atoms with E-state index in [0.29, 0.717) is 5.56 Å². The molecule has 4 nitrogen and oxygen atoms in total. The molecule has 19 heavy (non-hydrogen) atoms. The Morgan fingerprint density at radius 1 is 1.26 bits per heavy atom. The highest BCUT2D eigenvalue weighted by atomic mass is 16.1. The molecular formula is C15H17N3O. The second kappa shape index (κ2) is 5.52. The van der Waals surface area contributed by atoms with Crippen molar-refractivity contribution in [3.63, 3.8) is 0 Å². The van der Waals surface area contributed by atoms with E-state index < -0.39 is 0 Å². The largest absolute Gasteiger partial charge is 0.383 e. The van der Waals surface area contributed by atoms with Gasteiger partial charge in [0.1, 0.15) is 5.82 Å². The molecule has 1 amide bonds. The van der Waals surface area contributed by atoms with Crippen LogP contribution in [0.5, 0.6) is 0 Å². The van der Waals surface area contributed by atoms with Crippen LogP contribution in [0.3, 0.4) is 0 Å². The summed E-state index contributed by atoms with van der Waals surface area (Å²) >= 11 is 0. The molecule has 1 heterocycles. The van der Waals surface area contributed by atoms with Crippen LogP contribution in [0.2, 0.25) is 0 Å². The van der Waals surface area contributed by atoms with Gasteiger partial charge in [0.05, 0.1) is 11.6 Å². The number of hydrogen-bond acceptors (Lipinski definition) is 3. The summed E-state index contributed by atoms with van der Waals surface area (Å²) in [6.07, 6.45) is 1.57. The van der Waals surface area contributed by atoms with Gasteiger partial charge in [0, 0.05) is 6.20 Å². The van der Waals surface area contributed by atoms with Gasteiger partial charge >= 0.3 is 0 Å². The molecule has 1 aromatic carbocycles. The Labute approximate surface area is 112 Å². The quantitative estimate of drug-likeness (QED) is 0.885. The Bertz CT molecular complexity index is 595. The molecule has 1 aromatic heterocycles. The predicted molar refractivity (Wildman–Crippen MR) is 75.7 cm³/mol. The number of amides is 1. The third-order valence-electron chi connectivity index (χ3n) is 3.09. The highest BCUT2D eigenvalue weighted by Gasteiger charge is 2.14. The van der Waals surface area contributed by atoms with Gasteiger partial charge < -0.3 is 11.1 Å². The predicted octanol–water partition coefficient (Wildman–Crippen LogP) is 2.46. The lowest BCUT2D eigenvalue weighted by atomic mass is 10.0. The molecule has 2 rings (SSSR count). The van der Waals surface area contributed by atoms with Gasteiger partial charge in [0.15, 0.2) is 0 Å². The van der Waals surface area contributed by atoms with Crippen LogP contribution in [0, 0.1) is 6.92 Å². The molecule has 0 saturated carbocycles. The minimum absolute atomic E-state index is 0.0756. The summed E-state index contributed by atoms with van der Waals surface area (Å²) in [5, 5.41) is 2.94. The zero-order chi connectivity index (χ0) is 13.8.